The van der Waals surface area contributed by atoms with Gasteiger partial charge in [-0.1, -0.05) is 18.3 Å². The molecule has 2 aromatic rings. The van der Waals surface area contributed by atoms with E-state index < -0.39 is 0 Å². The summed E-state index contributed by atoms with van der Waals surface area (Å²) in [5.41, 5.74) is 4.43. The smallest absolute Gasteiger partial charge is 0.109 e. The first kappa shape index (κ1) is 12.0. The average Bonchev–Trinajstić information content (AvgIpc) is 2.74. The van der Waals surface area contributed by atoms with E-state index in [0.29, 0.717) is 0 Å². The highest BCUT2D eigenvalue weighted by Gasteiger charge is 2.10. The minimum absolute atomic E-state index is 0.872. The van der Waals surface area contributed by atoms with Gasteiger partial charge in [0.05, 0.1) is 5.69 Å². The third kappa shape index (κ3) is 2.05. The second kappa shape index (κ2) is 4.45. The molecule has 0 amide bonds. The Morgan fingerprint density at radius 1 is 1.29 bits per heavy atom. The Bertz CT molecular complexity index is 608. The van der Waals surface area contributed by atoms with Gasteiger partial charge in [-0.15, -0.1) is 0 Å². The number of hydrogen-bond donors (Lipinski definition) is 0. The monoisotopic (exact) mass is 247 g/mol. The highest BCUT2D eigenvalue weighted by atomic mass is 32.1. The molecule has 17 heavy (non-hydrogen) atoms. The number of rotatable bonds is 2. The molecule has 0 aliphatic carbocycles. The van der Waals surface area contributed by atoms with Crippen LogP contribution in [0.5, 0.6) is 0 Å². The summed E-state index contributed by atoms with van der Waals surface area (Å²) in [4.78, 5) is 0. The van der Waals surface area contributed by atoms with Gasteiger partial charge in [-0.05, 0) is 38.0 Å². The molecule has 90 valence electrons. The van der Waals surface area contributed by atoms with Gasteiger partial charge in [-0.2, -0.15) is 5.10 Å². The van der Waals surface area contributed by atoms with Crippen LogP contribution in [-0.4, -0.2) is 14.3 Å². The molecule has 0 aromatic carbocycles. The van der Waals surface area contributed by atoms with Crippen LogP contribution < -0.4 is 0 Å². The number of aryl methyl sites for hydroxylation is 3. The highest BCUT2D eigenvalue weighted by molar-refractivity contribution is 7.71. The molecule has 0 saturated carbocycles. The summed E-state index contributed by atoms with van der Waals surface area (Å²) < 4.78 is 4.84. The van der Waals surface area contributed by atoms with Crippen LogP contribution in [0.4, 0.5) is 0 Å². The topological polar surface area (TPSA) is 22.8 Å². The Hall–Kier alpha value is -1.42. The molecule has 0 unspecified atom stereocenters. The highest BCUT2D eigenvalue weighted by Crippen LogP contribution is 2.22. The summed E-state index contributed by atoms with van der Waals surface area (Å²) in [6, 6.07) is 4.17. The lowest BCUT2D eigenvalue weighted by molar-refractivity contribution is 0.660. The molecule has 0 saturated heterocycles. The van der Waals surface area contributed by atoms with E-state index in [9.17, 15) is 0 Å². The van der Waals surface area contributed by atoms with Crippen molar-refractivity contribution in [3.05, 3.63) is 34.1 Å². The zero-order chi connectivity index (χ0) is 12.6. The molecule has 0 spiro atoms. The van der Waals surface area contributed by atoms with Crippen molar-refractivity contribution in [1.82, 2.24) is 14.3 Å². The van der Waals surface area contributed by atoms with Gasteiger partial charge in [-0.3, -0.25) is 4.68 Å². The van der Waals surface area contributed by atoms with Crippen LogP contribution in [0.2, 0.25) is 0 Å². The van der Waals surface area contributed by atoms with Crippen LogP contribution >= 0.6 is 12.2 Å². The lowest BCUT2D eigenvalue weighted by Crippen LogP contribution is -2.04. The summed E-state index contributed by atoms with van der Waals surface area (Å²) in [6.07, 6.45) is 2.00. The Kier molecular flexibility index (Phi) is 3.15. The van der Waals surface area contributed by atoms with Gasteiger partial charge in [0, 0.05) is 19.8 Å². The maximum atomic E-state index is 5.41. The number of hydrogen-bond acceptors (Lipinski definition) is 2. The van der Waals surface area contributed by atoms with E-state index in [4.69, 9.17) is 12.2 Å². The Labute approximate surface area is 107 Å². The molecular weight excluding hydrogens is 230 g/mol. The normalized spacial score (nSPS) is 10.8. The Balaban J connectivity index is 2.67. The van der Waals surface area contributed by atoms with E-state index in [1.165, 1.54) is 5.56 Å². The average molecular weight is 247 g/mol. The summed E-state index contributed by atoms with van der Waals surface area (Å²) in [5.74, 6) is 0. The predicted molar refractivity (Wildman–Crippen MR) is 72.6 cm³/mol. The van der Waals surface area contributed by atoms with Gasteiger partial charge < -0.3 is 4.57 Å². The zero-order valence-electron chi connectivity index (χ0n) is 10.7. The van der Waals surface area contributed by atoms with Gasteiger partial charge in [0.25, 0.3) is 0 Å². The van der Waals surface area contributed by atoms with E-state index in [1.807, 2.05) is 35.5 Å². The van der Waals surface area contributed by atoms with Gasteiger partial charge in [0.15, 0.2) is 0 Å². The van der Waals surface area contributed by atoms with Crippen LogP contribution in [0, 0.1) is 18.5 Å². The van der Waals surface area contributed by atoms with E-state index >= 15 is 0 Å². The number of aromatic nitrogens is 3. The van der Waals surface area contributed by atoms with Crippen LogP contribution in [0.25, 0.3) is 11.4 Å². The predicted octanol–water partition coefficient (Wildman–Crippen LogP) is 3.25. The van der Waals surface area contributed by atoms with Crippen molar-refractivity contribution < 1.29 is 0 Å². The SMILES string of the molecule is CCn1ccc(-c2c(C)cc(C)c(=S)n2C)n1. The molecule has 4 heteroatoms. The van der Waals surface area contributed by atoms with Crippen molar-refractivity contribution >= 4 is 12.2 Å². The molecule has 0 aliphatic rings. The third-order valence-corrected chi connectivity index (χ3v) is 3.59. The second-order valence-corrected chi connectivity index (χ2v) is 4.67. The number of pyridine rings is 1. The molecule has 2 rings (SSSR count). The van der Waals surface area contributed by atoms with Crippen molar-refractivity contribution in [2.45, 2.75) is 27.3 Å². The first-order valence-corrected chi connectivity index (χ1v) is 6.16. The van der Waals surface area contributed by atoms with Crippen LogP contribution in [0.3, 0.4) is 0 Å². The van der Waals surface area contributed by atoms with Crippen molar-refractivity contribution in [1.29, 1.82) is 0 Å². The fourth-order valence-electron chi connectivity index (χ4n) is 2.12. The minimum Gasteiger partial charge on any atom is -0.333 e. The molecule has 2 heterocycles. The molecule has 0 bridgehead atoms. The van der Waals surface area contributed by atoms with Crippen molar-refractivity contribution in [3.8, 4) is 11.4 Å². The van der Waals surface area contributed by atoms with Gasteiger partial charge in [-0.25, -0.2) is 0 Å². The largest absolute Gasteiger partial charge is 0.333 e. The Morgan fingerprint density at radius 2 is 2.00 bits per heavy atom. The van der Waals surface area contributed by atoms with E-state index in [-0.39, 0.29) is 0 Å². The van der Waals surface area contributed by atoms with Crippen LogP contribution in [-0.2, 0) is 13.6 Å². The molecule has 0 radical (unpaired) electrons. The summed E-state index contributed by atoms with van der Waals surface area (Å²) in [6.45, 7) is 7.11. The van der Waals surface area contributed by atoms with Gasteiger partial charge >= 0.3 is 0 Å². The van der Waals surface area contributed by atoms with Gasteiger partial charge in [0.2, 0.25) is 0 Å². The number of nitrogens with zero attached hydrogens (tertiary/aromatic N) is 3. The van der Waals surface area contributed by atoms with Gasteiger partial charge in [0.1, 0.15) is 10.3 Å². The molecular formula is C13H17N3S. The fraction of sp³-hybridized carbons (Fsp3) is 0.385. The van der Waals surface area contributed by atoms with Crippen molar-refractivity contribution in [2.75, 3.05) is 0 Å². The first-order valence-electron chi connectivity index (χ1n) is 5.75. The fourth-order valence-corrected chi connectivity index (χ4v) is 2.27. The second-order valence-electron chi connectivity index (χ2n) is 4.28. The van der Waals surface area contributed by atoms with E-state index in [1.54, 1.807) is 0 Å². The van der Waals surface area contributed by atoms with Crippen LogP contribution in [0.1, 0.15) is 18.1 Å². The Morgan fingerprint density at radius 3 is 2.59 bits per heavy atom. The standard InChI is InChI=1S/C13H17N3S/c1-5-16-7-6-11(14-16)12-9(2)8-10(3)13(17)15(12)4/h6-8H,5H2,1-4H3. The summed E-state index contributed by atoms with van der Waals surface area (Å²) >= 11 is 5.41. The van der Waals surface area contributed by atoms with E-state index in [2.05, 4.69) is 25.0 Å². The summed E-state index contributed by atoms with van der Waals surface area (Å²) in [7, 11) is 2.00. The zero-order valence-corrected chi connectivity index (χ0v) is 11.5. The minimum atomic E-state index is 0.872. The lowest BCUT2D eigenvalue weighted by atomic mass is 10.1. The molecule has 0 fully saturated rings. The maximum Gasteiger partial charge on any atom is 0.109 e. The first-order chi connectivity index (χ1) is 8.04. The van der Waals surface area contributed by atoms with Crippen molar-refractivity contribution in [3.63, 3.8) is 0 Å². The molecule has 3 nitrogen and oxygen atoms in total. The lowest BCUT2D eigenvalue weighted by Gasteiger charge is -2.12. The van der Waals surface area contributed by atoms with E-state index in [0.717, 1.165) is 28.1 Å². The van der Waals surface area contributed by atoms with Crippen LogP contribution in [0.15, 0.2) is 18.3 Å². The van der Waals surface area contributed by atoms with Crippen molar-refractivity contribution in [2.24, 2.45) is 7.05 Å². The quantitative estimate of drug-likeness (QED) is 0.760. The molecule has 0 N–H and O–H groups in total. The summed E-state index contributed by atoms with van der Waals surface area (Å²) in [5, 5.41) is 4.54. The maximum absolute atomic E-state index is 5.41. The molecule has 2 aromatic heterocycles. The third-order valence-electron chi connectivity index (χ3n) is 2.99. The molecule has 0 atom stereocenters. The molecule has 0 aliphatic heterocycles.